The number of aliphatic hydroxyl groups excluding tert-OH is 1. The minimum atomic E-state index is -0.749. The molecule has 0 unspecified atom stereocenters. The number of carbonyl (C=O) groups excluding carboxylic acids is 2. The summed E-state index contributed by atoms with van der Waals surface area (Å²) in [5.41, 5.74) is 1.09. The molecule has 38 heavy (non-hydrogen) atoms. The van der Waals surface area contributed by atoms with E-state index in [0.717, 1.165) is 19.6 Å². The predicted octanol–water partition coefficient (Wildman–Crippen LogP) is 3.41. The highest BCUT2D eigenvalue weighted by Crippen LogP contribution is 2.41. The minimum Gasteiger partial charge on any atom is -0.507 e. The van der Waals surface area contributed by atoms with Gasteiger partial charge in [-0.15, -0.1) is 0 Å². The van der Waals surface area contributed by atoms with Crippen LogP contribution in [0.2, 0.25) is 0 Å². The van der Waals surface area contributed by atoms with Crippen LogP contribution in [0, 0.1) is 0 Å². The largest absolute Gasteiger partial charge is 0.507 e. The van der Waals surface area contributed by atoms with Gasteiger partial charge in [0.05, 0.1) is 39.0 Å². The Kier molecular flexibility index (Phi) is 9.04. The molecule has 1 atom stereocenters. The first kappa shape index (κ1) is 27.2. The summed E-state index contributed by atoms with van der Waals surface area (Å²) >= 11 is 0. The van der Waals surface area contributed by atoms with E-state index >= 15 is 0 Å². The summed E-state index contributed by atoms with van der Waals surface area (Å²) < 4.78 is 21.7. The van der Waals surface area contributed by atoms with E-state index in [1.165, 1.54) is 14.2 Å². The number of hydrogen-bond acceptors (Lipinski definition) is 8. The van der Waals surface area contributed by atoms with Crippen molar-refractivity contribution >= 4 is 17.4 Å². The van der Waals surface area contributed by atoms with Crippen LogP contribution >= 0.6 is 0 Å². The molecule has 0 spiro atoms. The van der Waals surface area contributed by atoms with Gasteiger partial charge in [0.15, 0.2) is 11.5 Å². The van der Waals surface area contributed by atoms with Crippen molar-refractivity contribution in [1.29, 1.82) is 0 Å². The van der Waals surface area contributed by atoms with Crippen LogP contribution < -0.4 is 14.2 Å². The van der Waals surface area contributed by atoms with E-state index in [1.807, 2.05) is 12.1 Å². The Bertz CT molecular complexity index is 1190. The van der Waals surface area contributed by atoms with Crippen molar-refractivity contribution in [1.82, 2.24) is 9.80 Å². The van der Waals surface area contributed by atoms with Gasteiger partial charge in [0.25, 0.3) is 11.7 Å². The van der Waals surface area contributed by atoms with Crippen LogP contribution in [0.5, 0.6) is 17.2 Å². The molecule has 2 heterocycles. The molecule has 2 aromatic carbocycles. The fourth-order valence-corrected chi connectivity index (χ4v) is 4.79. The number of methoxy groups -OCH3 is 2. The van der Waals surface area contributed by atoms with Gasteiger partial charge in [0.2, 0.25) is 0 Å². The molecular weight excluding hydrogens is 488 g/mol. The Morgan fingerprint density at radius 2 is 1.76 bits per heavy atom. The second kappa shape index (κ2) is 12.6. The molecule has 9 nitrogen and oxygen atoms in total. The molecule has 2 saturated heterocycles. The molecule has 0 bridgehead atoms. The highest BCUT2D eigenvalue weighted by atomic mass is 16.5. The predicted molar refractivity (Wildman–Crippen MR) is 143 cm³/mol. The summed E-state index contributed by atoms with van der Waals surface area (Å²) in [7, 11) is 3.01. The van der Waals surface area contributed by atoms with Crippen LogP contribution in [0.25, 0.3) is 5.76 Å². The third-order valence-corrected chi connectivity index (χ3v) is 6.74. The third kappa shape index (κ3) is 5.84. The normalized spacial score (nSPS) is 19.4. The van der Waals surface area contributed by atoms with Gasteiger partial charge in [0.1, 0.15) is 18.1 Å². The van der Waals surface area contributed by atoms with E-state index < -0.39 is 17.7 Å². The van der Waals surface area contributed by atoms with Gasteiger partial charge < -0.3 is 29.0 Å². The number of ether oxygens (including phenoxy) is 4. The van der Waals surface area contributed by atoms with Gasteiger partial charge in [-0.1, -0.05) is 24.8 Å². The summed E-state index contributed by atoms with van der Waals surface area (Å²) in [5, 5.41) is 11.4. The molecule has 2 aliphatic rings. The van der Waals surface area contributed by atoms with Crippen molar-refractivity contribution < 1.29 is 33.6 Å². The highest BCUT2D eigenvalue weighted by Gasteiger charge is 2.45. The van der Waals surface area contributed by atoms with Crippen LogP contribution in [0.15, 0.2) is 60.7 Å². The number of benzene rings is 2. The van der Waals surface area contributed by atoms with Gasteiger partial charge in [-0.05, 0) is 42.3 Å². The molecule has 0 aliphatic carbocycles. The summed E-state index contributed by atoms with van der Waals surface area (Å²) in [4.78, 5) is 30.4. The Balaban J connectivity index is 1.69. The van der Waals surface area contributed by atoms with Crippen molar-refractivity contribution in [3.8, 4) is 17.2 Å². The number of aliphatic hydroxyl groups is 1. The Morgan fingerprint density at radius 3 is 2.42 bits per heavy atom. The maximum Gasteiger partial charge on any atom is 0.295 e. The number of carbonyl (C=O) groups is 2. The summed E-state index contributed by atoms with van der Waals surface area (Å²) in [6.45, 7) is 8.23. The van der Waals surface area contributed by atoms with Gasteiger partial charge in [-0.2, -0.15) is 0 Å². The van der Waals surface area contributed by atoms with Crippen molar-refractivity contribution in [2.24, 2.45) is 0 Å². The number of likely N-dealkylation sites (tertiary alicyclic amines) is 1. The number of morpholine rings is 1. The fraction of sp³-hybridized carbons (Fsp3) is 0.379. The molecule has 4 rings (SSSR count). The second-order valence-corrected chi connectivity index (χ2v) is 9.04. The molecule has 2 aromatic rings. The first-order valence-electron chi connectivity index (χ1n) is 12.6. The molecule has 202 valence electrons. The SMILES string of the molecule is C=CCOc1ccc([C@@H]2C(=C(O)c3ccc(OC)c(OC)c3)C(=O)C(=O)N2CCCN2CCOCC2)cc1. The number of nitrogens with zero attached hydrogens (tertiary/aromatic N) is 2. The summed E-state index contributed by atoms with van der Waals surface area (Å²) in [5.74, 6) is -0.0998. The monoisotopic (exact) mass is 522 g/mol. The van der Waals surface area contributed by atoms with Crippen LogP contribution in [0.3, 0.4) is 0 Å². The van der Waals surface area contributed by atoms with Crippen LogP contribution in [-0.4, -0.2) is 86.8 Å². The van der Waals surface area contributed by atoms with E-state index in [2.05, 4.69) is 11.5 Å². The number of Topliss-reactive ketones (excluding diaryl/α,β-unsaturated/α-hetero) is 1. The average molecular weight is 523 g/mol. The fourth-order valence-electron chi connectivity index (χ4n) is 4.79. The van der Waals surface area contributed by atoms with Crippen LogP contribution in [-0.2, 0) is 14.3 Å². The topological polar surface area (TPSA) is 97.8 Å². The Hall–Kier alpha value is -3.82. The highest BCUT2D eigenvalue weighted by molar-refractivity contribution is 6.46. The van der Waals surface area contributed by atoms with Crippen molar-refractivity contribution in [2.45, 2.75) is 12.5 Å². The Labute approximate surface area is 222 Å². The van der Waals surface area contributed by atoms with E-state index in [-0.39, 0.29) is 11.3 Å². The summed E-state index contributed by atoms with van der Waals surface area (Å²) in [6, 6.07) is 11.3. The maximum absolute atomic E-state index is 13.3. The van der Waals surface area contributed by atoms with E-state index in [1.54, 1.807) is 41.3 Å². The average Bonchev–Trinajstić information content (AvgIpc) is 3.21. The number of rotatable bonds is 11. The smallest absolute Gasteiger partial charge is 0.295 e. The zero-order chi connectivity index (χ0) is 27.1. The molecule has 2 fully saturated rings. The molecule has 0 aromatic heterocycles. The van der Waals surface area contributed by atoms with E-state index in [4.69, 9.17) is 18.9 Å². The Morgan fingerprint density at radius 1 is 1.05 bits per heavy atom. The number of hydrogen-bond donors (Lipinski definition) is 1. The molecule has 1 N–H and O–H groups in total. The number of ketones is 1. The first-order chi connectivity index (χ1) is 18.5. The lowest BCUT2D eigenvalue weighted by Gasteiger charge is -2.29. The lowest BCUT2D eigenvalue weighted by Crippen LogP contribution is -2.38. The molecule has 0 saturated carbocycles. The first-order valence-corrected chi connectivity index (χ1v) is 12.6. The molecular formula is C29H34N2O7. The lowest BCUT2D eigenvalue weighted by molar-refractivity contribution is -0.140. The van der Waals surface area contributed by atoms with E-state index in [0.29, 0.717) is 61.2 Å². The van der Waals surface area contributed by atoms with Crippen molar-refractivity contribution in [2.75, 3.05) is 60.2 Å². The van der Waals surface area contributed by atoms with Crippen molar-refractivity contribution in [3.05, 3.63) is 71.8 Å². The van der Waals surface area contributed by atoms with Gasteiger partial charge in [-0.25, -0.2) is 0 Å². The number of amides is 1. The van der Waals surface area contributed by atoms with Crippen molar-refractivity contribution in [3.63, 3.8) is 0 Å². The summed E-state index contributed by atoms with van der Waals surface area (Å²) in [6.07, 6.45) is 2.33. The van der Waals surface area contributed by atoms with E-state index in [9.17, 15) is 14.7 Å². The van der Waals surface area contributed by atoms with Gasteiger partial charge in [0, 0.05) is 31.7 Å². The lowest BCUT2D eigenvalue weighted by atomic mass is 9.95. The quantitative estimate of drug-likeness (QED) is 0.208. The molecule has 9 heteroatoms. The standard InChI is InChI=1S/C29H34N2O7/c1-4-16-38-22-9-6-20(7-10-22)26-25(27(32)21-8-11-23(35-2)24(19-21)36-3)28(33)29(34)31(26)13-5-12-30-14-17-37-18-15-30/h4,6-11,19,26,32H,1,5,12-18H2,2-3H3/t26-/m1/s1. The van der Waals surface area contributed by atoms with Crippen LogP contribution in [0.4, 0.5) is 0 Å². The second-order valence-electron chi connectivity index (χ2n) is 9.04. The molecule has 0 radical (unpaired) electrons. The zero-order valence-electron chi connectivity index (χ0n) is 21.9. The molecule has 2 aliphatic heterocycles. The maximum atomic E-state index is 13.3. The van der Waals surface area contributed by atoms with Gasteiger partial charge >= 0.3 is 0 Å². The van der Waals surface area contributed by atoms with Crippen LogP contribution in [0.1, 0.15) is 23.6 Å². The zero-order valence-corrected chi connectivity index (χ0v) is 21.9. The third-order valence-electron chi connectivity index (χ3n) is 6.74. The minimum absolute atomic E-state index is 0.0355. The molecule has 1 amide bonds. The van der Waals surface area contributed by atoms with Gasteiger partial charge in [-0.3, -0.25) is 14.5 Å².